The van der Waals surface area contributed by atoms with Gasteiger partial charge in [0.05, 0.1) is 15.6 Å². The highest BCUT2D eigenvalue weighted by molar-refractivity contribution is 7.21. The van der Waals surface area contributed by atoms with Crippen molar-refractivity contribution in [3.8, 4) is 10.6 Å². The smallest absolute Gasteiger partial charge is 0.137 e. The maximum absolute atomic E-state index is 6.48. The molecule has 42 heavy (non-hydrogen) atoms. The number of anilines is 3. The van der Waals surface area contributed by atoms with E-state index in [0.29, 0.717) is 0 Å². The number of hydrogen-bond acceptors (Lipinski definition) is 5. The molecule has 0 saturated carbocycles. The van der Waals surface area contributed by atoms with Crippen molar-refractivity contribution in [3.63, 3.8) is 0 Å². The van der Waals surface area contributed by atoms with Crippen molar-refractivity contribution in [2.75, 3.05) is 4.90 Å². The van der Waals surface area contributed by atoms with Crippen molar-refractivity contribution in [2.24, 2.45) is 0 Å². The van der Waals surface area contributed by atoms with Gasteiger partial charge in [-0.05, 0) is 60.7 Å². The molecule has 0 spiro atoms. The van der Waals surface area contributed by atoms with Gasteiger partial charge >= 0.3 is 0 Å². The Bertz CT molecular complexity index is 2420. The first kappa shape index (κ1) is 23.3. The molecule has 0 N–H and O–H groups in total. The number of furan rings is 2. The van der Waals surface area contributed by atoms with Crippen molar-refractivity contribution in [1.29, 1.82) is 0 Å². The number of benzene rings is 6. The average molecular weight is 559 g/mol. The Labute approximate surface area is 244 Å². The number of hydrogen-bond donors (Lipinski definition) is 0. The molecule has 0 bridgehead atoms. The summed E-state index contributed by atoms with van der Waals surface area (Å²) >= 11 is 1.71. The van der Waals surface area contributed by atoms with E-state index < -0.39 is 0 Å². The number of fused-ring (bicyclic) bond motifs is 8. The zero-order valence-electron chi connectivity index (χ0n) is 22.3. The van der Waals surface area contributed by atoms with Gasteiger partial charge < -0.3 is 13.7 Å². The minimum atomic E-state index is 0.833. The van der Waals surface area contributed by atoms with Gasteiger partial charge in [-0.3, -0.25) is 0 Å². The van der Waals surface area contributed by atoms with Crippen molar-refractivity contribution in [1.82, 2.24) is 4.98 Å². The van der Waals surface area contributed by atoms with E-state index >= 15 is 0 Å². The summed E-state index contributed by atoms with van der Waals surface area (Å²) in [5.41, 5.74) is 8.69. The molecule has 9 rings (SSSR count). The van der Waals surface area contributed by atoms with Crippen molar-refractivity contribution < 1.29 is 8.83 Å². The molecule has 198 valence electrons. The van der Waals surface area contributed by atoms with Crippen LogP contribution in [0.25, 0.3) is 64.7 Å². The molecule has 3 aromatic heterocycles. The monoisotopic (exact) mass is 558 g/mol. The van der Waals surface area contributed by atoms with Gasteiger partial charge in [-0.2, -0.15) is 0 Å². The van der Waals surface area contributed by atoms with Crippen LogP contribution in [0, 0.1) is 0 Å². The van der Waals surface area contributed by atoms with Gasteiger partial charge in [0.2, 0.25) is 0 Å². The summed E-state index contributed by atoms with van der Waals surface area (Å²) in [4.78, 5) is 7.34. The quantitative estimate of drug-likeness (QED) is 0.215. The van der Waals surface area contributed by atoms with Crippen LogP contribution in [0.4, 0.5) is 17.1 Å². The molecule has 0 aliphatic rings. The lowest BCUT2D eigenvalue weighted by Crippen LogP contribution is -2.09. The van der Waals surface area contributed by atoms with Crippen molar-refractivity contribution in [3.05, 3.63) is 133 Å². The predicted octanol–water partition coefficient (Wildman–Crippen LogP) is 11.2. The van der Waals surface area contributed by atoms with E-state index in [0.717, 1.165) is 81.7 Å². The van der Waals surface area contributed by atoms with Crippen LogP contribution >= 0.6 is 11.3 Å². The van der Waals surface area contributed by atoms with Crippen LogP contribution in [0.15, 0.2) is 142 Å². The molecule has 9 aromatic rings. The average Bonchev–Trinajstić information content (AvgIpc) is 3.75. The van der Waals surface area contributed by atoms with Crippen LogP contribution in [0.5, 0.6) is 0 Å². The number of thiazole rings is 1. The molecule has 4 nitrogen and oxygen atoms in total. The lowest BCUT2D eigenvalue weighted by molar-refractivity contribution is 0.668. The number of nitrogens with zero attached hydrogens (tertiary/aromatic N) is 2. The third-order valence-corrected chi connectivity index (χ3v) is 8.96. The van der Waals surface area contributed by atoms with Crippen LogP contribution in [-0.2, 0) is 0 Å². The lowest BCUT2D eigenvalue weighted by atomic mass is 10.1. The van der Waals surface area contributed by atoms with Gasteiger partial charge in [-0.1, -0.05) is 66.7 Å². The van der Waals surface area contributed by atoms with Crippen LogP contribution in [0.1, 0.15) is 0 Å². The van der Waals surface area contributed by atoms with Crippen LogP contribution in [0.2, 0.25) is 0 Å². The Morgan fingerprint density at radius 3 is 2.07 bits per heavy atom. The lowest BCUT2D eigenvalue weighted by Gasteiger charge is -2.25. The molecule has 0 amide bonds. The molecular formula is C37H22N2O2S. The van der Waals surface area contributed by atoms with E-state index in [1.165, 1.54) is 0 Å². The van der Waals surface area contributed by atoms with E-state index in [9.17, 15) is 0 Å². The summed E-state index contributed by atoms with van der Waals surface area (Å²) in [6.07, 6.45) is 0. The largest absolute Gasteiger partial charge is 0.456 e. The van der Waals surface area contributed by atoms with E-state index in [1.54, 1.807) is 11.3 Å². The molecule has 3 heterocycles. The Hall–Kier alpha value is -5.39. The highest BCUT2D eigenvalue weighted by atomic mass is 32.1. The SMILES string of the molecule is c1ccc(-c2nc3c(ccc4oc5cc(N(c6ccccc6)c6ccc7oc8ccccc8c7c6)ccc5c43)s2)cc1. The van der Waals surface area contributed by atoms with Gasteiger partial charge in [0.25, 0.3) is 0 Å². The molecule has 0 atom stereocenters. The minimum absolute atomic E-state index is 0.833. The second-order valence-corrected chi connectivity index (χ2v) is 11.4. The fourth-order valence-corrected chi connectivity index (χ4v) is 6.94. The summed E-state index contributed by atoms with van der Waals surface area (Å²) in [6.45, 7) is 0. The maximum atomic E-state index is 6.48. The molecule has 0 aliphatic heterocycles. The fraction of sp³-hybridized carbons (Fsp3) is 0. The van der Waals surface area contributed by atoms with Gasteiger partial charge in [0.15, 0.2) is 0 Å². The number of rotatable bonds is 4. The Morgan fingerprint density at radius 1 is 0.500 bits per heavy atom. The van der Waals surface area contributed by atoms with Gasteiger partial charge in [0.1, 0.15) is 27.3 Å². The van der Waals surface area contributed by atoms with Crippen LogP contribution in [0.3, 0.4) is 0 Å². The van der Waals surface area contributed by atoms with E-state index in [1.807, 2.05) is 24.3 Å². The third-order valence-electron chi connectivity index (χ3n) is 7.89. The molecule has 0 fully saturated rings. The maximum Gasteiger partial charge on any atom is 0.137 e. The summed E-state index contributed by atoms with van der Waals surface area (Å²) in [6, 6.07) is 46.0. The second kappa shape index (κ2) is 9.06. The van der Waals surface area contributed by atoms with Crippen molar-refractivity contribution >= 4 is 82.5 Å². The van der Waals surface area contributed by atoms with Crippen LogP contribution in [-0.4, -0.2) is 4.98 Å². The molecular weight excluding hydrogens is 536 g/mol. The topological polar surface area (TPSA) is 42.4 Å². The molecule has 0 aliphatic carbocycles. The second-order valence-electron chi connectivity index (χ2n) is 10.4. The molecule has 6 aromatic carbocycles. The zero-order valence-corrected chi connectivity index (χ0v) is 23.1. The zero-order chi connectivity index (χ0) is 27.6. The summed E-state index contributed by atoms with van der Waals surface area (Å²) < 4.78 is 13.7. The Morgan fingerprint density at radius 2 is 1.19 bits per heavy atom. The van der Waals surface area contributed by atoms with Crippen LogP contribution < -0.4 is 4.90 Å². The van der Waals surface area contributed by atoms with Gasteiger partial charge in [-0.25, -0.2) is 4.98 Å². The van der Waals surface area contributed by atoms with Gasteiger partial charge in [0, 0.05) is 44.9 Å². The molecule has 0 unspecified atom stereocenters. The third kappa shape index (κ3) is 3.57. The highest BCUT2D eigenvalue weighted by Crippen LogP contribution is 2.43. The standard InChI is InChI=1S/C37H22N2O2S/c1-3-9-23(10-4-1)37-38-36-34(42-37)20-19-32-35(36)28-17-15-26(22-33(28)41-32)39(24-11-5-2-6-12-24)25-16-18-31-29(21-25)27-13-7-8-14-30(27)40-31/h1-22H. The normalized spacial score (nSPS) is 11.8. The molecule has 0 radical (unpaired) electrons. The summed E-state index contributed by atoms with van der Waals surface area (Å²) in [7, 11) is 0. The van der Waals surface area contributed by atoms with E-state index in [2.05, 4.69) is 114 Å². The van der Waals surface area contributed by atoms with Crippen molar-refractivity contribution in [2.45, 2.75) is 0 Å². The first-order chi connectivity index (χ1) is 20.8. The first-order valence-corrected chi connectivity index (χ1v) is 14.7. The number of aromatic nitrogens is 1. The minimum Gasteiger partial charge on any atom is -0.456 e. The molecule has 5 heteroatoms. The first-order valence-electron chi connectivity index (χ1n) is 13.9. The summed E-state index contributed by atoms with van der Waals surface area (Å²) in [5, 5.41) is 5.34. The molecule has 0 saturated heterocycles. The summed E-state index contributed by atoms with van der Waals surface area (Å²) in [5.74, 6) is 0. The number of para-hydroxylation sites is 2. The predicted molar refractivity (Wildman–Crippen MR) is 174 cm³/mol. The fourth-order valence-electron chi connectivity index (χ4n) is 5.96. The van der Waals surface area contributed by atoms with Gasteiger partial charge in [-0.15, -0.1) is 11.3 Å². The Kier molecular flexibility index (Phi) is 5.03. The Balaban J connectivity index is 1.23. The highest BCUT2D eigenvalue weighted by Gasteiger charge is 2.19. The van der Waals surface area contributed by atoms with E-state index in [-0.39, 0.29) is 0 Å². The van der Waals surface area contributed by atoms with E-state index in [4.69, 9.17) is 13.8 Å².